The van der Waals surface area contributed by atoms with Gasteiger partial charge >= 0.3 is 0 Å². The van der Waals surface area contributed by atoms with Crippen LogP contribution in [0.15, 0.2) is 71.4 Å². The first kappa shape index (κ1) is 16.7. The molecule has 0 fully saturated rings. The first-order valence-corrected chi connectivity index (χ1v) is 9.76. The van der Waals surface area contributed by atoms with Crippen LogP contribution in [0.5, 0.6) is 0 Å². The highest BCUT2D eigenvalue weighted by Crippen LogP contribution is 2.30. The molecule has 6 nitrogen and oxygen atoms in total. The predicted molar refractivity (Wildman–Crippen MR) is 110 cm³/mol. The molecule has 0 aliphatic carbocycles. The minimum atomic E-state index is -0.0840. The van der Waals surface area contributed by atoms with Crippen LogP contribution in [0.25, 0.3) is 32.2 Å². The van der Waals surface area contributed by atoms with Crippen LogP contribution in [0.4, 0.5) is 0 Å². The van der Waals surface area contributed by atoms with Crippen LogP contribution in [-0.4, -0.2) is 24.7 Å². The lowest BCUT2D eigenvalue weighted by Gasteiger charge is -2.06. The first-order valence-electron chi connectivity index (χ1n) is 8.88. The Hall–Kier alpha value is -3.45. The smallest absolute Gasteiger partial charge is 0.267 e. The largest absolute Gasteiger partial charge is 0.276 e. The van der Waals surface area contributed by atoms with E-state index in [4.69, 9.17) is 0 Å². The van der Waals surface area contributed by atoms with E-state index in [1.54, 1.807) is 24.8 Å². The SMILES string of the molecule is O=c1c2c(-c3ccncc3)csc2cnn1CCc1cnc2ccccc2n1. The molecule has 0 spiro atoms. The maximum Gasteiger partial charge on any atom is 0.276 e. The summed E-state index contributed by atoms with van der Waals surface area (Å²) in [7, 11) is 0. The number of benzene rings is 1. The molecule has 0 bridgehead atoms. The molecule has 0 radical (unpaired) electrons. The summed E-state index contributed by atoms with van der Waals surface area (Å²) in [6.07, 6.45) is 7.58. The summed E-state index contributed by atoms with van der Waals surface area (Å²) < 4.78 is 2.40. The highest BCUT2D eigenvalue weighted by atomic mass is 32.1. The van der Waals surface area contributed by atoms with Crippen molar-refractivity contribution in [3.8, 4) is 11.1 Å². The summed E-state index contributed by atoms with van der Waals surface area (Å²) in [6, 6.07) is 11.6. The number of fused-ring (bicyclic) bond motifs is 2. The third kappa shape index (κ3) is 2.95. The number of nitrogens with zero attached hydrogens (tertiary/aromatic N) is 5. The third-order valence-electron chi connectivity index (χ3n) is 4.65. The predicted octanol–water partition coefficient (Wildman–Crippen LogP) is 3.71. The Morgan fingerprint density at radius 3 is 2.68 bits per heavy atom. The fourth-order valence-corrected chi connectivity index (χ4v) is 4.15. The second kappa shape index (κ2) is 6.94. The molecular weight excluding hydrogens is 370 g/mol. The van der Waals surface area contributed by atoms with Crippen molar-refractivity contribution in [3.63, 3.8) is 0 Å². The number of thiophene rings is 1. The zero-order chi connectivity index (χ0) is 18.9. The van der Waals surface area contributed by atoms with Crippen molar-refractivity contribution >= 4 is 32.5 Å². The topological polar surface area (TPSA) is 73.6 Å². The van der Waals surface area contributed by atoms with Gasteiger partial charge in [0.25, 0.3) is 5.56 Å². The van der Waals surface area contributed by atoms with Gasteiger partial charge in [-0.05, 0) is 29.8 Å². The molecule has 136 valence electrons. The normalized spacial score (nSPS) is 11.3. The summed E-state index contributed by atoms with van der Waals surface area (Å²) in [5, 5.41) is 7.05. The molecular formula is C21H15N5OS. The van der Waals surface area contributed by atoms with E-state index in [9.17, 15) is 4.79 Å². The number of hydrogen-bond donors (Lipinski definition) is 0. The molecule has 0 unspecified atom stereocenters. The average molecular weight is 385 g/mol. The molecule has 0 atom stereocenters. The van der Waals surface area contributed by atoms with Crippen molar-refractivity contribution in [2.24, 2.45) is 0 Å². The Balaban J connectivity index is 1.49. The number of aryl methyl sites for hydroxylation is 2. The van der Waals surface area contributed by atoms with Gasteiger partial charge < -0.3 is 0 Å². The lowest BCUT2D eigenvalue weighted by molar-refractivity contribution is 0.579. The van der Waals surface area contributed by atoms with E-state index in [0.717, 1.165) is 32.6 Å². The Morgan fingerprint density at radius 1 is 1.00 bits per heavy atom. The fraction of sp³-hybridized carbons (Fsp3) is 0.0952. The van der Waals surface area contributed by atoms with Crippen LogP contribution in [0.2, 0.25) is 0 Å². The number of aromatic nitrogens is 5. The molecule has 5 rings (SSSR count). The fourth-order valence-electron chi connectivity index (χ4n) is 3.23. The Morgan fingerprint density at radius 2 is 1.82 bits per heavy atom. The molecule has 1 aromatic carbocycles. The summed E-state index contributed by atoms with van der Waals surface area (Å²) in [5.41, 5.74) is 4.38. The summed E-state index contributed by atoms with van der Waals surface area (Å²) in [5.74, 6) is 0. The van der Waals surface area contributed by atoms with Gasteiger partial charge in [-0.2, -0.15) is 5.10 Å². The number of rotatable bonds is 4. The van der Waals surface area contributed by atoms with Crippen LogP contribution < -0.4 is 5.56 Å². The van der Waals surface area contributed by atoms with Crippen molar-refractivity contribution < 1.29 is 0 Å². The van der Waals surface area contributed by atoms with Crippen LogP contribution in [0.3, 0.4) is 0 Å². The Labute approximate surface area is 164 Å². The summed E-state index contributed by atoms with van der Waals surface area (Å²) in [6.45, 7) is 0.452. The molecule has 28 heavy (non-hydrogen) atoms. The molecule has 7 heteroatoms. The van der Waals surface area contributed by atoms with Gasteiger partial charge in [-0.1, -0.05) is 12.1 Å². The molecule has 0 saturated carbocycles. The minimum Gasteiger partial charge on any atom is -0.267 e. The van der Waals surface area contributed by atoms with Crippen LogP contribution >= 0.6 is 11.3 Å². The average Bonchev–Trinajstić information content (AvgIpc) is 3.19. The van der Waals surface area contributed by atoms with Gasteiger partial charge in [-0.15, -0.1) is 11.3 Å². The van der Waals surface area contributed by atoms with E-state index in [0.29, 0.717) is 18.4 Å². The lowest BCUT2D eigenvalue weighted by Crippen LogP contribution is -2.23. The maximum atomic E-state index is 13.1. The first-order chi connectivity index (χ1) is 13.8. The van der Waals surface area contributed by atoms with E-state index in [2.05, 4.69) is 20.1 Å². The molecule has 0 aliphatic heterocycles. The molecule has 4 aromatic heterocycles. The minimum absolute atomic E-state index is 0.0840. The van der Waals surface area contributed by atoms with Crippen molar-refractivity contribution in [1.29, 1.82) is 0 Å². The molecule has 0 aliphatic rings. The van der Waals surface area contributed by atoms with E-state index >= 15 is 0 Å². The molecule has 5 aromatic rings. The summed E-state index contributed by atoms with van der Waals surface area (Å²) >= 11 is 1.53. The lowest BCUT2D eigenvalue weighted by atomic mass is 10.1. The highest BCUT2D eigenvalue weighted by Gasteiger charge is 2.13. The summed E-state index contributed by atoms with van der Waals surface area (Å²) in [4.78, 5) is 26.2. The van der Waals surface area contributed by atoms with E-state index in [-0.39, 0.29) is 5.56 Å². The van der Waals surface area contributed by atoms with Gasteiger partial charge in [0, 0.05) is 36.0 Å². The number of pyridine rings is 1. The van der Waals surface area contributed by atoms with E-state index < -0.39 is 0 Å². The number of hydrogen-bond acceptors (Lipinski definition) is 6. The van der Waals surface area contributed by atoms with Crippen LogP contribution in [0, 0.1) is 0 Å². The van der Waals surface area contributed by atoms with Gasteiger partial charge in [0.15, 0.2) is 0 Å². The second-order valence-electron chi connectivity index (χ2n) is 6.40. The third-order valence-corrected chi connectivity index (χ3v) is 5.57. The zero-order valence-corrected chi connectivity index (χ0v) is 15.6. The van der Waals surface area contributed by atoms with Crippen molar-refractivity contribution in [2.75, 3.05) is 0 Å². The monoisotopic (exact) mass is 385 g/mol. The molecule has 0 amide bonds. The molecule has 0 N–H and O–H groups in total. The Bertz CT molecular complexity index is 1340. The maximum absolute atomic E-state index is 13.1. The Kier molecular flexibility index (Phi) is 4.14. The quantitative estimate of drug-likeness (QED) is 0.472. The van der Waals surface area contributed by atoms with E-state index in [1.807, 2.05) is 41.8 Å². The molecule has 4 heterocycles. The van der Waals surface area contributed by atoms with Crippen LogP contribution in [0.1, 0.15) is 5.69 Å². The van der Waals surface area contributed by atoms with Crippen LogP contribution in [-0.2, 0) is 13.0 Å². The second-order valence-corrected chi connectivity index (χ2v) is 7.31. The highest BCUT2D eigenvalue weighted by molar-refractivity contribution is 7.17. The zero-order valence-electron chi connectivity index (χ0n) is 14.8. The van der Waals surface area contributed by atoms with Gasteiger partial charge in [0.2, 0.25) is 0 Å². The standard InChI is InChI=1S/C21H15N5OS/c27-21-20-16(14-5-8-22-9-6-14)13-28-19(20)12-24-26(21)10-7-15-11-23-17-3-1-2-4-18(17)25-15/h1-6,8-9,11-13H,7,10H2. The van der Waals surface area contributed by atoms with Gasteiger partial charge in [0.05, 0.1) is 39.6 Å². The van der Waals surface area contributed by atoms with Crippen molar-refractivity contribution in [1.82, 2.24) is 24.7 Å². The number of para-hydroxylation sites is 2. The van der Waals surface area contributed by atoms with Gasteiger partial charge in [0.1, 0.15) is 0 Å². The van der Waals surface area contributed by atoms with Gasteiger partial charge in [-0.3, -0.25) is 14.8 Å². The van der Waals surface area contributed by atoms with Crippen molar-refractivity contribution in [2.45, 2.75) is 13.0 Å². The van der Waals surface area contributed by atoms with E-state index in [1.165, 1.54) is 16.0 Å². The van der Waals surface area contributed by atoms with Gasteiger partial charge in [-0.25, -0.2) is 9.67 Å². The molecule has 0 saturated heterocycles. The van der Waals surface area contributed by atoms with Crippen molar-refractivity contribution in [3.05, 3.63) is 82.6 Å².